The van der Waals surface area contributed by atoms with E-state index in [1.807, 2.05) is 12.1 Å². The first-order chi connectivity index (χ1) is 16.4. The minimum Gasteiger partial charge on any atom is -0.370 e. The van der Waals surface area contributed by atoms with Gasteiger partial charge in [0.15, 0.2) is 0 Å². The Labute approximate surface area is 200 Å². The van der Waals surface area contributed by atoms with Crippen LogP contribution in [0.4, 0.5) is 5.69 Å². The Kier molecular flexibility index (Phi) is 6.48. The number of imide groups is 1. The molecule has 0 aliphatic carbocycles. The average molecular weight is 469 g/mol. The van der Waals surface area contributed by atoms with Crippen LogP contribution in [-0.2, 0) is 16.6 Å². The van der Waals surface area contributed by atoms with Gasteiger partial charge in [-0.1, -0.05) is 6.07 Å². The second kappa shape index (κ2) is 9.54. The molecular formula is C25H36N6O3. The molecule has 0 bridgehead atoms. The standard InChI is InChI=1S/C25H36N6O3/c1-28(18-8-12-26-13-9-18)16-17-10-14-30(15-11-17)19-4-3-5-20-23(19)29(2)25(34)31(20)21-6-7-22(32)27-24(21)33/h3-5,17-18,21,26H,6-16H2,1-2H3,(H,27,32,33). The largest absolute Gasteiger partial charge is 0.370 e. The van der Waals surface area contributed by atoms with Crippen molar-refractivity contribution < 1.29 is 9.59 Å². The van der Waals surface area contributed by atoms with Gasteiger partial charge >= 0.3 is 5.69 Å². The summed E-state index contributed by atoms with van der Waals surface area (Å²) in [7, 11) is 4.05. The highest BCUT2D eigenvalue weighted by Gasteiger charge is 2.32. The first kappa shape index (κ1) is 23.1. The van der Waals surface area contributed by atoms with Gasteiger partial charge in [-0.25, -0.2) is 4.79 Å². The van der Waals surface area contributed by atoms with Crippen molar-refractivity contribution in [1.29, 1.82) is 0 Å². The molecule has 4 heterocycles. The molecule has 0 spiro atoms. The van der Waals surface area contributed by atoms with Crippen molar-refractivity contribution in [2.45, 2.75) is 50.6 Å². The highest BCUT2D eigenvalue weighted by Crippen LogP contribution is 2.32. The number of hydrogen-bond donors (Lipinski definition) is 2. The molecule has 0 saturated carbocycles. The van der Waals surface area contributed by atoms with Crippen LogP contribution in [0.3, 0.4) is 0 Å². The molecule has 1 aromatic carbocycles. The van der Waals surface area contributed by atoms with Crippen LogP contribution in [-0.4, -0.2) is 71.7 Å². The van der Waals surface area contributed by atoms with Crippen molar-refractivity contribution in [2.24, 2.45) is 13.0 Å². The lowest BCUT2D eigenvalue weighted by molar-refractivity contribution is -0.135. The number of amides is 2. The van der Waals surface area contributed by atoms with Gasteiger partial charge in [0.25, 0.3) is 0 Å². The fourth-order valence-electron chi connectivity index (χ4n) is 6.06. The minimum absolute atomic E-state index is 0.213. The summed E-state index contributed by atoms with van der Waals surface area (Å²) in [6.07, 6.45) is 5.33. The Morgan fingerprint density at radius 3 is 2.47 bits per heavy atom. The van der Waals surface area contributed by atoms with E-state index in [4.69, 9.17) is 0 Å². The number of para-hydroxylation sites is 1. The van der Waals surface area contributed by atoms with Crippen molar-refractivity contribution in [3.8, 4) is 0 Å². The van der Waals surface area contributed by atoms with Gasteiger partial charge in [-0.3, -0.25) is 24.0 Å². The Hall–Kier alpha value is -2.65. The molecule has 2 N–H and O–H groups in total. The Morgan fingerprint density at radius 2 is 1.76 bits per heavy atom. The normalized spacial score (nSPS) is 23.1. The van der Waals surface area contributed by atoms with E-state index in [9.17, 15) is 14.4 Å². The highest BCUT2D eigenvalue weighted by molar-refractivity contribution is 6.00. The smallest absolute Gasteiger partial charge is 0.329 e. The van der Waals surface area contributed by atoms with Crippen LogP contribution >= 0.6 is 0 Å². The third kappa shape index (κ3) is 4.27. The van der Waals surface area contributed by atoms with E-state index in [1.54, 1.807) is 16.2 Å². The van der Waals surface area contributed by atoms with E-state index in [1.165, 1.54) is 12.8 Å². The third-order valence-electron chi connectivity index (χ3n) is 8.04. The molecule has 3 saturated heterocycles. The number of hydrogen-bond acceptors (Lipinski definition) is 6. The zero-order valence-electron chi connectivity index (χ0n) is 20.3. The van der Waals surface area contributed by atoms with Crippen LogP contribution in [0.15, 0.2) is 23.0 Å². The topological polar surface area (TPSA) is 91.6 Å². The molecule has 0 radical (unpaired) electrons. The summed E-state index contributed by atoms with van der Waals surface area (Å²) in [5.74, 6) is 0.0195. The van der Waals surface area contributed by atoms with Gasteiger partial charge in [0.05, 0.1) is 16.7 Å². The number of piperidine rings is 3. The molecule has 3 fully saturated rings. The molecule has 2 amide bonds. The number of nitrogens with zero attached hydrogens (tertiary/aromatic N) is 4. The number of aryl methyl sites for hydroxylation is 1. The molecule has 184 valence electrons. The quantitative estimate of drug-likeness (QED) is 0.642. The van der Waals surface area contributed by atoms with E-state index < -0.39 is 11.9 Å². The number of carbonyl (C=O) groups is 2. The number of aromatic nitrogens is 2. The lowest BCUT2D eigenvalue weighted by Gasteiger charge is -2.38. The van der Waals surface area contributed by atoms with Crippen LogP contribution in [0.5, 0.6) is 0 Å². The zero-order valence-corrected chi connectivity index (χ0v) is 20.3. The molecule has 1 atom stereocenters. The molecule has 5 rings (SSSR count). The second-order valence-corrected chi connectivity index (χ2v) is 10.2. The lowest BCUT2D eigenvalue weighted by atomic mass is 9.94. The summed E-state index contributed by atoms with van der Waals surface area (Å²) in [5, 5.41) is 5.84. The predicted molar refractivity (Wildman–Crippen MR) is 132 cm³/mol. The van der Waals surface area contributed by atoms with E-state index in [0.29, 0.717) is 18.4 Å². The molecule has 3 aliphatic rings. The maximum absolute atomic E-state index is 13.2. The maximum atomic E-state index is 13.2. The van der Waals surface area contributed by atoms with Gasteiger partial charge in [-0.05, 0) is 70.3 Å². The molecule has 1 aromatic heterocycles. The second-order valence-electron chi connectivity index (χ2n) is 10.2. The number of nitrogens with one attached hydrogen (secondary N) is 2. The Bertz CT molecular complexity index is 1120. The van der Waals surface area contributed by atoms with Crippen molar-refractivity contribution in [3.63, 3.8) is 0 Å². The van der Waals surface area contributed by atoms with E-state index >= 15 is 0 Å². The number of imidazole rings is 1. The fourth-order valence-corrected chi connectivity index (χ4v) is 6.06. The first-order valence-electron chi connectivity index (χ1n) is 12.6. The van der Waals surface area contributed by atoms with Crippen LogP contribution in [0.25, 0.3) is 11.0 Å². The maximum Gasteiger partial charge on any atom is 0.329 e. The van der Waals surface area contributed by atoms with E-state index in [-0.39, 0.29) is 18.0 Å². The van der Waals surface area contributed by atoms with Crippen molar-refractivity contribution in [2.75, 3.05) is 44.7 Å². The number of anilines is 1. The van der Waals surface area contributed by atoms with Crippen molar-refractivity contribution >= 4 is 28.5 Å². The zero-order chi connectivity index (χ0) is 23.8. The third-order valence-corrected chi connectivity index (χ3v) is 8.04. The first-order valence-corrected chi connectivity index (χ1v) is 12.6. The van der Waals surface area contributed by atoms with Gasteiger partial charge in [-0.15, -0.1) is 0 Å². The summed E-state index contributed by atoms with van der Waals surface area (Å²) >= 11 is 0. The summed E-state index contributed by atoms with van der Waals surface area (Å²) < 4.78 is 3.23. The van der Waals surface area contributed by atoms with Gasteiger partial charge in [0.1, 0.15) is 6.04 Å². The number of carbonyl (C=O) groups excluding carboxylic acids is 2. The molecule has 1 unspecified atom stereocenters. The lowest BCUT2D eigenvalue weighted by Crippen LogP contribution is -2.45. The van der Waals surface area contributed by atoms with Crippen molar-refractivity contribution in [1.82, 2.24) is 24.7 Å². The SMILES string of the molecule is CN(CC1CCN(c2cccc3c2n(C)c(=O)n3C2CCC(=O)NC2=O)CC1)C1CCNCC1. The van der Waals surface area contributed by atoms with Gasteiger partial charge < -0.3 is 15.1 Å². The van der Waals surface area contributed by atoms with Crippen LogP contribution in [0, 0.1) is 5.92 Å². The van der Waals surface area contributed by atoms with Gasteiger partial charge in [0, 0.05) is 39.1 Å². The Morgan fingerprint density at radius 1 is 1.03 bits per heavy atom. The minimum atomic E-state index is -0.652. The molecular weight excluding hydrogens is 432 g/mol. The molecule has 3 aliphatic heterocycles. The highest BCUT2D eigenvalue weighted by atomic mass is 16.2. The number of rotatable bonds is 5. The average Bonchev–Trinajstić information content (AvgIpc) is 3.10. The molecule has 9 heteroatoms. The number of fused-ring (bicyclic) bond motifs is 1. The predicted octanol–water partition coefficient (Wildman–Crippen LogP) is 1.22. The van der Waals surface area contributed by atoms with Gasteiger partial charge in [-0.2, -0.15) is 0 Å². The molecule has 2 aromatic rings. The monoisotopic (exact) mass is 468 g/mol. The molecule has 9 nitrogen and oxygen atoms in total. The summed E-state index contributed by atoms with van der Waals surface area (Å²) in [5.41, 5.74) is 2.46. The van der Waals surface area contributed by atoms with E-state index in [0.717, 1.165) is 62.3 Å². The van der Waals surface area contributed by atoms with Crippen LogP contribution in [0.2, 0.25) is 0 Å². The summed E-state index contributed by atoms with van der Waals surface area (Å²) in [4.78, 5) is 42.3. The van der Waals surface area contributed by atoms with E-state index in [2.05, 4.69) is 33.5 Å². The van der Waals surface area contributed by atoms with Crippen LogP contribution in [0.1, 0.15) is 44.6 Å². The summed E-state index contributed by atoms with van der Waals surface area (Å²) in [6, 6.07) is 5.99. The molecule has 34 heavy (non-hydrogen) atoms. The summed E-state index contributed by atoms with van der Waals surface area (Å²) in [6.45, 7) is 5.31. The number of benzene rings is 1. The van der Waals surface area contributed by atoms with Gasteiger partial charge in [0.2, 0.25) is 11.8 Å². The Balaban J connectivity index is 1.33. The van der Waals surface area contributed by atoms with Crippen molar-refractivity contribution in [3.05, 3.63) is 28.7 Å². The fraction of sp³-hybridized carbons (Fsp3) is 0.640. The van der Waals surface area contributed by atoms with Crippen LogP contribution < -0.4 is 21.2 Å².